The summed E-state index contributed by atoms with van der Waals surface area (Å²) in [7, 11) is -4.21. The van der Waals surface area contributed by atoms with Crippen LogP contribution >= 0.6 is 0 Å². The van der Waals surface area contributed by atoms with Crippen LogP contribution in [0.5, 0.6) is 0 Å². The molecule has 1 amide bonds. The van der Waals surface area contributed by atoms with Gasteiger partial charge in [-0.05, 0) is 6.92 Å². The highest BCUT2D eigenvalue weighted by atomic mass is 32.2. The summed E-state index contributed by atoms with van der Waals surface area (Å²) in [5.74, 6) is -2.14. The van der Waals surface area contributed by atoms with E-state index in [1.165, 1.54) is 6.92 Å². The maximum Gasteiger partial charge on any atom is 0.357 e. The van der Waals surface area contributed by atoms with Crippen LogP contribution in [0, 0.1) is 6.92 Å². The summed E-state index contributed by atoms with van der Waals surface area (Å²) in [5, 5.41) is 14.6. The highest BCUT2D eigenvalue weighted by Crippen LogP contribution is 2.18. The molecule has 11 heteroatoms. The number of nitrogens with one attached hydrogen (secondary N) is 3. The molecule has 1 aliphatic rings. The Hall–Kier alpha value is -1.98. The molecule has 1 aliphatic heterocycles. The van der Waals surface area contributed by atoms with Crippen LogP contribution in [0.25, 0.3) is 0 Å². The van der Waals surface area contributed by atoms with E-state index in [0.29, 0.717) is 0 Å². The maximum atomic E-state index is 12.1. The number of sulfonamides is 1. The Labute approximate surface area is 107 Å². The Bertz CT molecular complexity index is 636. The fourth-order valence-corrected chi connectivity index (χ4v) is 3.07. The van der Waals surface area contributed by atoms with Crippen LogP contribution in [0.1, 0.15) is 16.2 Å². The van der Waals surface area contributed by atoms with E-state index in [4.69, 9.17) is 5.11 Å². The third kappa shape index (κ3) is 2.43. The third-order valence-corrected chi connectivity index (χ3v) is 4.03. The van der Waals surface area contributed by atoms with Gasteiger partial charge in [-0.3, -0.25) is 14.7 Å². The quantitative estimate of drug-likeness (QED) is 0.507. The SMILES string of the molecule is Cc1[nH]nc(C(=O)O)c1S(=O)(=O)N[C@@H]1CONC1=O. The van der Waals surface area contributed by atoms with Crippen molar-refractivity contribution < 1.29 is 28.0 Å². The average molecular weight is 290 g/mol. The lowest BCUT2D eigenvalue weighted by Crippen LogP contribution is -2.42. The van der Waals surface area contributed by atoms with Gasteiger partial charge in [0.2, 0.25) is 10.0 Å². The second-order valence-corrected chi connectivity index (χ2v) is 5.43. The number of aryl methyl sites for hydroxylation is 1. The van der Waals surface area contributed by atoms with E-state index in [-0.39, 0.29) is 12.3 Å². The number of carbonyl (C=O) groups is 2. The van der Waals surface area contributed by atoms with Crippen LogP contribution < -0.4 is 10.2 Å². The summed E-state index contributed by atoms with van der Waals surface area (Å²) in [4.78, 5) is 26.2. The molecule has 1 aromatic heterocycles. The van der Waals surface area contributed by atoms with Crippen molar-refractivity contribution in [2.45, 2.75) is 17.9 Å². The minimum atomic E-state index is -4.21. The molecule has 0 aromatic carbocycles. The number of aromatic amines is 1. The third-order valence-electron chi connectivity index (χ3n) is 2.40. The number of hydrogen-bond acceptors (Lipinski definition) is 6. The van der Waals surface area contributed by atoms with E-state index in [1.54, 1.807) is 0 Å². The maximum absolute atomic E-state index is 12.1. The van der Waals surface area contributed by atoms with Crippen LogP contribution in [-0.4, -0.2) is 48.2 Å². The summed E-state index contributed by atoms with van der Waals surface area (Å²) < 4.78 is 26.2. The van der Waals surface area contributed by atoms with Crippen LogP contribution in [0.3, 0.4) is 0 Å². The van der Waals surface area contributed by atoms with Gasteiger partial charge in [0, 0.05) is 0 Å². The monoisotopic (exact) mass is 290 g/mol. The summed E-state index contributed by atoms with van der Waals surface area (Å²) >= 11 is 0. The van der Waals surface area contributed by atoms with Crippen molar-refractivity contribution in [3.8, 4) is 0 Å². The van der Waals surface area contributed by atoms with Crippen molar-refractivity contribution in [1.82, 2.24) is 20.4 Å². The van der Waals surface area contributed by atoms with E-state index < -0.39 is 38.5 Å². The number of nitrogens with zero attached hydrogens (tertiary/aromatic N) is 1. The Kier molecular flexibility index (Phi) is 3.26. The van der Waals surface area contributed by atoms with Gasteiger partial charge in [-0.15, -0.1) is 0 Å². The predicted octanol–water partition coefficient (Wildman–Crippen LogP) is -1.88. The number of aromatic carboxylic acids is 1. The minimum Gasteiger partial charge on any atom is -0.476 e. The second kappa shape index (κ2) is 4.60. The molecule has 0 saturated carbocycles. The fraction of sp³-hybridized carbons (Fsp3) is 0.375. The van der Waals surface area contributed by atoms with E-state index in [1.807, 2.05) is 5.48 Å². The van der Waals surface area contributed by atoms with E-state index >= 15 is 0 Å². The molecule has 1 saturated heterocycles. The summed E-state index contributed by atoms with van der Waals surface area (Å²) in [6, 6.07) is -1.11. The molecule has 104 valence electrons. The van der Waals surface area contributed by atoms with Gasteiger partial charge in [-0.1, -0.05) is 0 Å². The van der Waals surface area contributed by atoms with Gasteiger partial charge in [-0.2, -0.15) is 9.82 Å². The molecule has 0 spiro atoms. The van der Waals surface area contributed by atoms with E-state index in [2.05, 4.69) is 19.8 Å². The number of hydrogen-bond donors (Lipinski definition) is 4. The van der Waals surface area contributed by atoms with Gasteiger partial charge in [0.1, 0.15) is 17.5 Å². The summed E-state index contributed by atoms with van der Waals surface area (Å²) in [5.41, 5.74) is 1.41. The normalized spacial score (nSPS) is 19.4. The lowest BCUT2D eigenvalue weighted by atomic mass is 10.3. The summed E-state index contributed by atoms with van der Waals surface area (Å²) in [6.07, 6.45) is 0. The van der Waals surface area contributed by atoms with Crippen molar-refractivity contribution in [3.63, 3.8) is 0 Å². The number of amides is 1. The molecule has 2 heterocycles. The molecule has 0 unspecified atom stereocenters. The number of H-pyrrole nitrogens is 1. The standard InChI is InChI=1S/C8H10N4O6S/c1-3-6(5(8(14)15)10-9-3)19(16,17)12-4-2-18-11-7(4)13/h4,12H,2H2,1H3,(H,9,10)(H,11,13)(H,14,15)/t4-/m1/s1. The Balaban J connectivity index is 2.37. The molecule has 4 N–H and O–H groups in total. The van der Waals surface area contributed by atoms with Gasteiger partial charge in [-0.25, -0.2) is 18.7 Å². The Morgan fingerprint density at radius 1 is 1.58 bits per heavy atom. The Morgan fingerprint density at radius 3 is 2.79 bits per heavy atom. The number of rotatable bonds is 4. The van der Waals surface area contributed by atoms with Crippen molar-refractivity contribution in [2.24, 2.45) is 0 Å². The molecule has 1 fully saturated rings. The van der Waals surface area contributed by atoms with Crippen LogP contribution in [0.15, 0.2) is 4.90 Å². The lowest BCUT2D eigenvalue weighted by molar-refractivity contribution is -0.124. The molecule has 0 bridgehead atoms. The summed E-state index contributed by atoms with van der Waals surface area (Å²) in [6.45, 7) is 1.18. The molecule has 1 aromatic rings. The van der Waals surface area contributed by atoms with Gasteiger partial charge in [0.05, 0.1) is 5.69 Å². The van der Waals surface area contributed by atoms with E-state index in [0.717, 1.165) is 0 Å². The van der Waals surface area contributed by atoms with Gasteiger partial charge in [0.15, 0.2) is 5.69 Å². The molecule has 1 atom stereocenters. The predicted molar refractivity (Wildman–Crippen MR) is 58.5 cm³/mol. The first-order valence-electron chi connectivity index (χ1n) is 5.05. The number of carbonyl (C=O) groups excluding carboxylic acids is 1. The zero-order chi connectivity index (χ0) is 14.2. The van der Waals surface area contributed by atoms with Crippen molar-refractivity contribution in [1.29, 1.82) is 0 Å². The van der Waals surface area contributed by atoms with Crippen LogP contribution in [-0.2, 0) is 19.7 Å². The molecule has 2 rings (SSSR count). The first kappa shape index (κ1) is 13.5. The number of carboxylic acids is 1. The molecular formula is C8H10N4O6S. The van der Waals surface area contributed by atoms with Crippen molar-refractivity contribution in [2.75, 3.05) is 6.61 Å². The zero-order valence-electron chi connectivity index (χ0n) is 9.63. The van der Waals surface area contributed by atoms with Gasteiger partial charge >= 0.3 is 5.97 Å². The van der Waals surface area contributed by atoms with Crippen molar-refractivity contribution in [3.05, 3.63) is 11.4 Å². The smallest absolute Gasteiger partial charge is 0.357 e. The number of aromatic nitrogens is 2. The van der Waals surface area contributed by atoms with Crippen LogP contribution in [0.4, 0.5) is 0 Å². The minimum absolute atomic E-state index is 0.0595. The number of hydroxylamine groups is 1. The molecule has 0 radical (unpaired) electrons. The molecule has 0 aliphatic carbocycles. The van der Waals surface area contributed by atoms with Gasteiger partial charge in [0.25, 0.3) is 5.91 Å². The first-order valence-corrected chi connectivity index (χ1v) is 6.53. The van der Waals surface area contributed by atoms with Crippen molar-refractivity contribution >= 4 is 21.9 Å². The topological polar surface area (TPSA) is 150 Å². The highest BCUT2D eigenvalue weighted by Gasteiger charge is 2.34. The average Bonchev–Trinajstić information content (AvgIpc) is 2.86. The Morgan fingerprint density at radius 2 is 2.26 bits per heavy atom. The van der Waals surface area contributed by atoms with Crippen LogP contribution in [0.2, 0.25) is 0 Å². The van der Waals surface area contributed by atoms with E-state index in [9.17, 15) is 18.0 Å². The molecular weight excluding hydrogens is 280 g/mol. The highest BCUT2D eigenvalue weighted by molar-refractivity contribution is 7.89. The lowest BCUT2D eigenvalue weighted by Gasteiger charge is -2.09. The van der Waals surface area contributed by atoms with Gasteiger partial charge < -0.3 is 5.11 Å². The molecule has 10 nitrogen and oxygen atoms in total. The number of carboxylic acid groups (broad SMARTS) is 1. The zero-order valence-corrected chi connectivity index (χ0v) is 10.4. The first-order chi connectivity index (χ1) is 8.83. The fourth-order valence-electron chi connectivity index (χ4n) is 1.57. The largest absolute Gasteiger partial charge is 0.476 e. The second-order valence-electron chi connectivity index (χ2n) is 3.78. The molecule has 19 heavy (non-hydrogen) atoms.